The summed E-state index contributed by atoms with van der Waals surface area (Å²) in [5, 5.41) is 12.4. The highest BCUT2D eigenvalue weighted by Crippen LogP contribution is 2.25. The summed E-state index contributed by atoms with van der Waals surface area (Å²) in [6.45, 7) is 2.94. The van der Waals surface area contributed by atoms with E-state index in [1.54, 1.807) is 18.2 Å². The number of benzene rings is 1. The third-order valence-electron chi connectivity index (χ3n) is 2.82. The highest BCUT2D eigenvalue weighted by molar-refractivity contribution is 6.03. The van der Waals surface area contributed by atoms with Crippen LogP contribution in [0.25, 0.3) is 0 Å². The number of Topliss-reactive ketones (excluding diaryl/α,β-unsaturated/α-hetero) is 1. The molecule has 1 amide bonds. The first-order valence-electron chi connectivity index (χ1n) is 5.58. The van der Waals surface area contributed by atoms with E-state index in [1.807, 2.05) is 0 Å². The Morgan fingerprint density at radius 1 is 1.35 bits per heavy atom. The molecule has 0 fully saturated rings. The molecule has 1 aromatic carbocycles. The van der Waals surface area contributed by atoms with E-state index in [-0.39, 0.29) is 11.7 Å². The lowest BCUT2D eigenvalue weighted by molar-refractivity contribution is -0.116. The topological polar surface area (TPSA) is 66.4 Å². The van der Waals surface area contributed by atoms with E-state index in [2.05, 4.69) is 5.32 Å². The first-order valence-corrected chi connectivity index (χ1v) is 5.58. The number of hydrogen-bond donors (Lipinski definition) is 2. The van der Waals surface area contributed by atoms with Crippen LogP contribution in [-0.2, 0) is 11.2 Å². The molecule has 1 heterocycles. The average molecular weight is 233 g/mol. The van der Waals surface area contributed by atoms with E-state index in [9.17, 15) is 14.7 Å². The van der Waals surface area contributed by atoms with Gasteiger partial charge < -0.3 is 10.4 Å². The second-order valence-electron chi connectivity index (χ2n) is 4.81. The van der Waals surface area contributed by atoms with Crippen molar-refractivity contribution >= 4 is 17.4 Å². The molecule has 2 N–H and O–H groups in total. The summed E-state index contributed by atoms with van der Waals surface area (Å²) in [4.78, 5) is 23.1. The summed E-state index contributed by atoms with van der Waals surface area (Å²) in [5.41, 5.74) is 0.812. The number of aliphatic hydroxyl groups is 1. The molecule has 4 heteroatoms. The Morgan fingerprint density at radius 3 is 2.71 bits per heavy atom. The normalized spacial score (nSPS) is 15.1. The number of carbonyl (C=O) groups is 2. The van der Waals surface area contributed by atoms with Gasteiger partial charge in [-0.15, -0.1) is 0 Å². The molecule has 0 radical (unpaired) electrons. The second-order valence-corrected chi connectivity index (χ2v) is 4.81. The molecule has 1 aliphatic rings. The van der Waals surface area contributed by atoms with Gasteiger partial charge in [0.05, 0.1) is 0 Å². The number of anilines is 1. The van der Waals surface area contributed by atoms with Crippen molar-refractivity contribution in [3.63, 3.8) is 0 Å². The molecule has 0 saturated heterocycles. The van der Waals surface area contributed by atoms with Crippen LogP contribution in [-0.4, -0.2) is 22.4 Å². The van der Waals surface area contributed by atoms with Gasteiger partial charge in [0.25, 0.3) is 0 Å². The third-order valence-corrected chi connectivity index (χ3v) is 2.82. The largest absolute Gasteiger partial charge is 0.382 e. The Hall–Kier alpha value is -1.68. The van der Waals surface area contributed by atoms with Gasteiger partial charge in [0, 0.05) is 17.7 Å². The molecule has 1 aromatic rings. The summed E-state index contributed by atoms with van der Waals surface area (Å²) < 4.78 is 0. The Bertz CT molecular complexity index is 486. The van der Waals surface area contributed by atoms with Crippen LogP contribution in [0.1, 0.15) is 36.2 Å². The second kappa shape index (κ2) is 3.96. The molecule has 90 valence electrons. The van der Waals surface area contributed by atoms with E-state index in [0.717, 1.165) is 11.3 Å². The Labute approximate surface area is 99.6 Å². The molecule has 0 saturated carbocycles. The predicted molar refractivity (Wildman–Crippen MR) is 64.0 cm³/mol. The van der Waals surface area contributed by atoms with Gasteiger partial charge >= 0.3 is 0 Å². The number of carbonyl (C=O) groups excluding carboxylic acids is 2. The molecule has 4 nitrogen and oxygen atoms in total. The van der Waals surface area contributed by atoms with Gasteiger partial charge in [-0.05, 0) is 44.0 Å². The Kier molecular flexibility index (Phi) is 2.75. The zero-order valence-corrected chi connectivity index (χ0v) is 9.91. The molecule has 1 aliphatic heterocycles. The van der Waals surface area contributed by atoms with Crippen LogP contribution in [0.5, 0.6) is 0 Å². The van der Waals surface area contributed by atoms with E-state index < -0.39 is 5.60 Å². The molecular weight excluding hydrogens is 218 g/mol. The van der Waals surface area contributed by atoms with Gasteiger partial charge in [-0.2, -0.15) is 0 Å². The van der Waals surface area contributed by atoms with Crippen molar-refractivity contribution in [2.24, 2.45) is 0 Å². The number of aryl methyl sites for hydroxylation is 1. The molecule has 0 atom stereocenters. The molecule has 17 heavy (non-hydrogen) atoms. The fourth-order valence-electron chi connectivity index (χ4n) is 1.88. The van der Waals surface area contributed by atoms with Gasteiger partial charge in [-0.1, -0.05) is 0 Å². The van der Waals surface area contributed by atoms with Crippen LogP contribution in [0.15, 0.2) is 18.2 Å². The summed E-state index contributed by atoms with van der Waals surface area (Å²) in [5.74, 6) is -0.309. The number of ketones is 1. The molecule has 0 bridgehead atoms. The minimum absolute atomic E-state index is 0.000866. The number of amides is 1. The monoisotopic (exact) mass is 233 g/mol. The van der Waals surface area contributed by atoms with Gasteiger partial charge in [0.1, 0.15) is 5.60 Å². The number of hydrogen-bond acceptors (Lipinski definition) is 3. The van der Waals surface area contributed by atoms with Crippen LogP contribution in [0.3, 0.4) is 0 Å². The maximum absolute atomic E-state index is 11.9. The highest BCUT2D eigenvalue weighted by atomic mass is 16.3. The zero-order valence-electron chi connectivity index (χ0n) is 9.91. The summed E-state index contributed by atoms with van der Waals surface area (Å²) in [6, 6.07) is 5.09. The average Bonchev–Trinajstić information content (AvgIpc) is 2.26. The summed E-state index contributed by atoms with van der Waals surface area (Å²) in [6.07, 6.45) is 1.07. The van der Waals surface area contributed by atoms with Gasteiger partial charge in [0.15, 0.2) is 5.78 Å². The Morgan fingerprint density at radius 2 is 2.06 bits per heavy atom. The van der Waals surface area contributed by atoms with Crippen LogP contribution in [0.2, 0.25) is 0 Å². The summed E-state index contributed by atoms with van der Waals surface area (Å²) >= 11 is 0. The molecular formula is C13H15NO3. The number of rotatable bonds is 2. The lowest BCUT2D eigenvalue weighted by atomic mass is 9.93. The van der Waals surface area contributed by atoms with E-state index in [1.165, 1.54) is 13.8 Å². The van der Waals surface area contributed by atoms with Crippen molar-refractivity contribution in [1.82, 2.24) is 0 Å². The van der Waals surface area contributed by atoms with E-state index in [4.69, 9.17) is 0 Å². The van der Waals surface area contributed by atoms with Gasteiger partial charge in [-0.25, -0.2) is 0 Å². The lowest BCUT2D eigenvalue weighted by Crippen LogP contribution is -2.31. The standard InChI is InChI=1S/C13H15NO3/c1-13(2,17)12(16)9-3-5-10-8(7-9)4-6-11(15)14-10/h3,5,7,17H,4,6H2,1-2H3,(H,14,15). The van der Waals surface area contributed by atoms with Crippen LogP contribution < -0.4 is 5.32 Å². The maximum Gasteiger partial charge on any atom is 0.224 e. The van der Waals surface area contributed by atoms with Crippen molar-refractivity contribution in [1.29, 1.82) is 0 Å². The molecule has 0 aromatic heterocycles. The van der Waals surface area contributed by atoms with Crippen LogP contribution in [0.4, 0.5) is 5.69 Å². The third kappa shape index (κ3) is 2.36. The molecule has 0 spiro atoms. The maximum atomic E-state index is 11.9. The van der Waals surface area contributed by atoms with Crippen molar-refractivity contribution in [3.05, 3.63) is 29.3 Å². The zero-order chi connectivity index (χ0) is 12.6. The molecule has 0 unspecified atom stereocenters. The Balaban J connectivity index is 2.35. The minimum Gasteiger partial charge on any atom is -0.382 e. The van der Waals surface area contributed by atoms with Gasteiger partial charge in [0.2, 0.25) is 5.91 Å². The first-order chi connectivity index (χ1) is 7.88. The predicted octanol–water partition coefficient (Wildman–Crippen LogP) is 1.52. The van der Waals surface area contributed by atoms with Crippen LogP contribution >= 0.6 is 0 Å². The first kappa shape index (κ1) is 11.8. The fraction of sp³-hybridized carbons (Fsp3) is 0.385. The van der Waals surface area contributed by atoms with E-state index >= 15 is 0 Å². The summed E-state index contributed by atoms with van der Waals surface area (Å²) in [7, 11) is 0. The van der Waals surface area contributed by atoms with Crippen LogP contribution in [0, 0.1) is 0 Å². The van der Waals surface area contributed by atoms with Gasteiger partial charge in [-0.3, -0.25) is 9.59 Å². The van der Waals surface area contributed by atoms with E-state index in [0.29, 0.717) is 18.4 Å². The smallest absolute Gasteiger partial charge is 0.224 e. The molecule has 2 rings (SSSR count). The highest BCUT2D eigenvalue weighted by Gasteiger charge is 2.26. The minimum atomic E-state index is -1.37. The lowest BCUT2D eigenvalue weighted by Gasteiger charge is -2.20. The van der Waals surface area contributed by atoms with Crippen molar-refractivity contribution < 1.29 is 14.7 Å². The van der Waals surface area contributed by atoms with Crippen molar-refractivity contribution in [2.75, 3.05) is 5.32 Å². The quantitative estimate of drug-likeness (QED) is 0.761. The number of nitrogens with one attached hydrogen (secondary N) is 1. The van der Waals surface area contributed by atoms with Crippen molar-refractivity contribution in [3.8, 4) is 0 Å². The number of fused-ring (bicyclic) bond motifs is 1. The molecule has 0 aliphatic carbocycles. The van der Waals surface area contributed by atoms with Crippen molar-refractivity contribution in [2.45, 2.75) is 32.3 Å². The SMILES string of the molecule is CC(C)(O)C(=O)c1ccc2c(c1)CCC(=O)N2. The fourth-order valence-corrected chi connectivity index (χ4v) is 1.88.